The number of imide groups is 1. The molecule has 4 heterocycles. The molecule has 2 aliphatic heterocycles. The molecule has 0 spiro atoms. The Bertz CT molecular complexity index is 1200. The van der Waals surface area contributed by atoms with Crippen molar-refractivity contribution in [3.8, 4) is 0 Å². The average Bonchev–Trinajstić information content (AvgIpc) is 3.26. The van der Waals surface area contributed by atoms with Gasteiger partial charge < -0.3 is 15.2 Å². The Morgan fingerprint density at radius 1 is 1.23 bits per heavy atom. The van der Waals surface area contributed by atoms with E-state index in [-0.39, 0.29) is 11.8 Å². The highest BCUT2D eigenvalue weighted by Crippen LogP contribution is 2.44. The number of carbonyl (C=O) groups excluding carboxylic acids is 3. The van der Waals surface area contributed by atoms with E-state index >= 15 is 0 Å². The number of para-hydroxylation sites is 1. The quantitative estimate of drug-likeness (QED) is 0.637. The zero-order valence-corrected chi connectivity index (χ0v) is 17.4. The monoisotopic (exact) mass is 417 g/mol. The van der Waals surface area contributed by atoms with Crippen LogP contribution in [-0.2, 0) is 28.1 Å². The number of carbonyl (C=O) groups is 3. The Morgan fingerprint density at radius 3 is 2.74 bits per heavy atom. The van der Waals surface area contributed by atoms with Crippen molar-refractivity contribution in [2.45, 2.75) is 38.4 Å². The van der Waals surface area contributed by atoms with E-state index in [4.69, 9.17) is 0 Å². The Morgan fingerprint density at radius 2 is 1.97 bits per heavy atom. The van der Waals surface area contributed by atoms with Gasteiger partial charge in [-0.25, -0.2) is 9.69 Å². The Labute approximate surface area is 179 Å². The smallest absolute Gasteiger partial charge is 0.328 e. The number of hydrogen-bond acceptors (Lipinski definition) is 4. The van der Waals surface area contributed by atoms with Gasteiger partial charge in [-0.05, 0) is 49.6 Å². The number of amides is 4. The molecule has 3 aromatic rings. The number of nitrogens with one attached hydrogen (secondary N) is 2. The van der Waals surface area contributed by atoms with Gasteiger partial charge in [-0.3, -0.25) is 14.6 Å². The topological polar surface area (TPSA) is 98.4 Å². The molecule has 0 unspecified atom stereocenters. The van der Waals surface area contributed by atoms with Crippen LogP contribution in [0, 0.1) is 0 Å². The van der Waals surface area contributed by atoms with E-state index in [0.29, 0.717) is 19.5 Å². The summed E-state index contributed by atoms with van der Waals surface area (Å²) in [5.74, 6) is -0.754. The van der Waals surface area contributed by atoms with Crippen LogP contribution >= 0.6 is 0 Å². The van der Waals surface area contributed by atoms with Gasteiger partial charge in [0, 0.05) is 36.4 Å². The molecule has 31 heavy (non-hydrogen) atoms. The third-order valence-electron chi connectivity index (χ3n) is 6.48. The van der Waals surface area contributed by atoms with Gasteiger partial charge in [0.15, 0.2) is 5.54 Å². The highest BCUT2D eigenvalue weighted by molar-refractivity contribution is 6.10. The highest BCUT2D eigenvalue weighted by atomic mass is 16.2. The average molecular weight is 417 g/mol. The second-order valence-electron chi connectivity index (χ2n) is 8.20. The summed E-state index contributed by atoms with van der Waals surface area (Å²) in [4.78, 5) is 49.6. The number of H-pyrrole nitrogens is 1. The lowest BCUT2D eigenvalue weighted by atomic mass is 9.87. The van der Waals surface area contributed by atoms with Crippen molar-refractivity contribution < 1.29 is 14.4 Å². The molecule has 8 nitrogen and oxygen atoms in total. The molecule has 5 rings (SSSR count). The number of fused-ring (bicyclic) bond motifs is 5. The third-order valence-corrected chi connectivity index (χ3v) is 6.48. The fourth-order valence-corrected chi connectivity index (χ4v) is 4.71. The minimum absolute atomic E-state index is 0.301. The maximum atomic E-state index is 13.6. The summed E-state index contributed by atoms with van der Waals surface area (Å²) in [5.41, 5.74) is 2.49. The van der Waals surface area contributed by atoms with Gasteiger partial charge in [-0.1, -0.05) is 18.2 Å². The van der Waals surface area contributed by atoms with Gasteiger partial charge in [0.1, 0.15) is 6.04 Å². The fraction of sp³-hybridized carbons (Fsp3) is 0.304. The number of benzene rings is 1. The van der Waals surface area contributed by atoms with Crippen molar-refractivity contribution in [3.63, 3.8) is 0 Å². The summed E-state index contributed by atoms with van der Waals surface area (Å²) in [6, 6.07) is 10.2. The van der Waals surface area contributed by atoms with Crippen molar-refractivity contribution in [2.75, 3.05) is 6.54 Å². The summed E-state index contributed by atoms with van der Waals surface area (Å²) in [6.45, 7) is 4.08. The molecule has 2 atom stereocenters. The van der Waals surface area contributed by atoms with Crippen LogP contribution in [0.3, 0.4) is 0 Å². The van der Waals surface area contributed by atoms with Gasteiger partial charge in [0.05, 0.1) is 5.69 Å². The zero-order valence-electron chi connectivity index (χ0n) is 17.4. The Hall–Kier alpha value is -3.68. The molecule has 2 aromatic heterocycles. The van der Waals surface area contributed by atoms with E-state index in [1.165, 1.54) is 0 Å². The molecule has 2 N–H and O–H groups in total. The minimum Gasteiger partial charge on any atom is -0.356 e. The molecular weight excluding hydrogens is 394 g/mol. The lowest BCUT2D eigenvalue weighted by molar-refractivity contribution is -0.139. The number of pyridine rings is 1. The first-order valence-electron chi connectivity index (χ1n) is 10.3. The normalized spacial score (nSPS) is 21.2. The molecule has 1 aromatic carbocycles. The molecule has 8 heteroatoms. The van der Waals surface area contributed by atoms with E-state index in [1.807, 2.05) is 24.3 Å². The van der Waals surface area contributed by atoms with Gasteiger partial charge >= 0.3 is 6.03 Å². The second kappa shape index (κ2) is 6.94. The number of urea groups is 1. The van der Waals surface area contributed by atoms with Crippen molar-refractivity contribution in [1.82, 2.24) is 25.1 Å². The van der Waals surface area contributed by atoms with Gasteiger partial charge in [0.2, 0.25) is 5.91 Å². The van der Waals surface area contributed by atoms with Crippen molar-refractivity contribution in [1.29, 1.82) is 0 Å². The largest absolute Gasteiger partial charge is 0.356 e. The highest BCUT2D eigenvalue weighted by Gasteiger charge is 2.60. The van der Waals surface area contributed by atoms with E-state index in [2.05, 4.69) is 15.3 Å². The number of aromatic amines is 1. The molecule has 0 aliphatic carbocycles. The van der Waals surface area contributed by atoms with Crippen LogP contribution in [0.1, 0.15) is 30.7 Å². The van der Waals surface area contributed by atoms with Crippen LogP contribution in [0.15, 0.2) is 48.8 Å². The van der Waals surface area contributed by atoms with Crippen LogP contribution in [-0.4, -0.2) is 50.2 Å². The standard InChI is InChI=1S/C23H23N5O3/c1-14(20(29)25-13-15-7-10-24-11-8-15)28-21(30)23(2)19-17(9-12-27(23)22(28)31)16-5-3-4-6-18(16)26-19/h3-8,10-11,14,26H,9,12-13H2,1-2H3,(H,25,29)/t14-,23-/m0/s1. The van der Waals surface area contributed by atoms with E-state index in [0.717, 1.165) is 32.6 Å². The summed E-state index contributed by atoms with van der Waals surface area (Å²) in [6.07, 6.45) is 3.95. The SMILES string of the molecule is C[C@@H](C(=O)NCc1ccncc1)N1C(=O)N2CCc3c([nH]c4ccccc34)[C@@]2(C)C1=O. The number of rotatable bonds is 4. The first-order chi connectivity index (χ1) is 14.9. The van der Waals surface area contributed by atoms with Gasteiger partial charge in [-0.2, -0.15) is 0 Å². The molecule has 2 aliphatic rings. The maximum Gasteiger partial charge on any atom is 0.328 e. The van der Waals surface area contributed by atoms with Crippen LogP contribution in [0.25, 0.3) is 10.9 Å². The molecule has 158 valence electrons. The van der Waals surface area contributed by atoms with Crippen LogP contribution in [0.2, 0.25) is 0 Å². The summed E-state index contributed by atoms with van der Waals surface area (Å²) < 4.78 is 0. The summed E-state index contributed by atoms with van der Waals surface area (Å²) in [5, 5.41) is 3.88. The molecule has 0 bridgehead atoms. The molecule has 0 radical (unpaired) electrons. The van der Waals surface area contributed by atoms with Crippen molar-refractivity contribution >= 4 is 28.7 Å². The van der Waals surface area contributed by atoms with E-state index in [9.17, 15) is 14.4 Å². The van der Waals surface area contributed by atoms with Gasteiger partial charge in [-0.15, -0.1) is 0 Å². The van der Waals surface area contributed by atoms with Crippen molar-refractivity contribution in [2.24, 2.45) is 0 Å². The third kappa shape index (κ3) is 2.74. The number of aromatic nitrogens is 2. The molecule has 1 saturated heterocycles. The summed E-state index contributed by atoms with van der Waals surface area (Å²) >= 11 is 0. The summed E-state index contributed by atoms with van der Waals surface area (Å²) in [7, 11) is 0. The Balaban J connectivity index is 1.44. The van der Waals surface area contributed by atoms with Crippen LogP contribution in [0.5, 0.6) is 0 Å². The molecule has 1 fully saturated rings. The van der Waals surface area contributed by atoms with Gasteiger partial charge in [0.25, 0.3) is 5.91 Å². The molecule has 4 amide bonds. The predicted molar refractivity (Wildman–Crippen MR) is 114 cm³/mol. The molecule has 0 saturated carbocycles. The van der Waals surface area contributed by atoms with E-state index < -0.39 is 17.6 Å². The number of hydrogen-bond donors (Lipinski definition) is 2. The Kier molecular flexibility index (Phi) is 4.32. The second-order valence-corrected chi connectivity index (χ2v) is 8.20. The lowest BCUT2D eigenvalue weighted by Gasteiger charge is -2.36. The zero-order chi connectivity index (χ0) is 21.8. The van der Waals surface area contributed by atoms with Crippen LogP contribution in [0.4, 0.5) is 4.79 Å². The van der Waals surface area contributed by atoms with Crippen molar-refractivity contribution in [3.05, 3.63) is 65.6 Å². The minimum atomic E-state index is -1.15. The maximum absolute atomic E-state index is 13.6. The molecular formula is C23H23N5O3. The number of nitrogens with zero attached hydrogens (tertiary/aromatic N) is 3. The first-order valence-corrected chi connectivity index (χ1v) is 10.3. The van der Waals surface area contributed by atoms with Crippen LogP contribution < -0.4 is 5.32 Å². The fourth-order valence-electron chi connectivity index (χ4n) is 4.71. The van der Waals surface area contributed by atoms with E-state index in [1.54, 1.807) is 43.3 Å². The predicted octanol–water partition coefficient (Wildman–Crippen LogP) is 2.30. The first kappa shape index (κ1) is 19.3. The lowest BCUT2D eigenvalue weighted by Crippen LogP contribution is -2.49.